The molecular formula is C17H22ClN3O5S. The summed E-state index contributed by atoms with van der Waals surface area (Å²) in [5.41, 5.74) is 0.605. The molecule has 0 heterocycles. The minimum atomic E-state index is -0.611. The maximum absolute atomic E-state index is 11.8. The molecule has 1 aromatic carbocycles. The number of benzene rings is 1. The second-order valence-electron chi connectivity index (χ2n) is 5.75. The number of likely N-dealkylation sites (N-methyl/N-ethyl adjacent to an activating group) is 2. The minimum absolute atomic E-state index is 0.0584. The molecular weight excluding hydrogens is 394 g/mol. The summed E-state index contributed by atoms with van der Waals surface area (Å²) in [6, 6.07) is 6.65. The van der Waals surface area contributed by atoms with Crippen LogP contribution in [0.15, 0.2) is 24.3 Å². The average molecular weight is 416 g/mol. The van der Waals surface area contributed by atoms with E-state index in [2.05, 4.69) is 5.32 Å². The fraction of sp³-hybridized carbons (Fsp3) is 0.412. The summed E-state index contributed by atoms with van der Waals surface area (Å²) in [6.45, 7) is -0.545. The van der Waals surface area contributed by atoms with Crippen LogP contribution >= 0.6 is 23.4 Å². The molecule has 0 atom stereocenters. The quantitative estimate of drug-likeness (QED) is 0.607. The molecule has 0 unspecified atom stereocenters. The third-order valence-electron chi connectivity index (χ3n) is 3.23. The molecule has 1 rings (SSSR count). The number of hydrogen-bond donors (Lipinski definition) is 1. The van der Waals surface area contributed by atoms with E-state index in [1.165, 1.54) is 16.8 Å². The van der Waals surface area contributed by atoms with Crippen molar-refractivity contribution in [1.82, 2.24) is 9.80 Å². The van der Waals surface area contributed by atoms with Crippen LogP contribution in [-0.2, 0) is 23.9 Å². The van der Waals surface area contributed by atoms with Crippen molar-refractivity contribution in [1.29, 1.82) is 0 Å². The van der Waals surface area contributed by atoms with E-state index in [1.807, 2.05) is 0 Å². The second-order valence-corrected chi connectivity index (χ2v) is 7.17. The Hall–Kier alpha value is -2.26. The molecule has 0 aromatic heterocycles. The highest BCUT2D eigenvalue weighted by atomic mass is 35.5. The summed E-state index contributed by atoms with van der Waals surface area (Å²) >= 11 is 6.83. The van der Waals surface area contributed by atoms with Gasteiger partial charge in [-0.25, -0.2) is 0 Å². The molecule has 8 nitrogen and oxygen atoms in total. The van der Waals surface area contributed by atoms with Gasteiger partial charge in [0.05, 0.1) is 18.1 Å². The summed E-state index contributed by atoms with van der Waals surface area (Å²) in [4.78, 5) is 49.3. The highest BCUT2D eigenvalue weighted by Gasteiger charge is 2.16. The standard InChI is InChI=1S/C17H22ClN3O5S/c1-20(2)15(23)8-21(3)16(24)9-26-17(25)11-27-10-14(22)19-13-6-4-12(18)5-7-13/h4-7H,8-11H2,1-3H3,(H,19,22). The number of rotatable bonds is 9. The van der Waals surface area contributed by atoms with Crippen molar-refractivity contribution in [2.24, 2.45) is 0 Å². The highest BCUT2D eigenvalue weighted by molar-refractivity contribution is 8.00. The first-order valence-electron chi connectivity index (χ1n) is 7.92. The van der Waals surface area contributed by atoms with Gasteiger partial charge in [-0.15, -0.1) is 11.8 Å². The molecule has 0 bridgehead atoms. The van der Waals surface area contributed by atoms with Crippen molar-refractivity contribution in [2.45, 2.75) is 0 Å². The normalized spacial score (nSPS) is 10.1. The zero-order valence-corrected chi connectivity index (χ0v) is 16.9. The third kappa shape index (κ3) is 9.30. The number of ether oxygens (including phenoxy) is 1. The Balaban J connectivity index is 2.23. The Morgan fingerprint density at radius 1 is 1.04 bits per heavy atom. The van der Waals surface area contributed by atoms with Gasteiger partial charge in [0.15, 0.2) is 6.61 Å². The Bertz CT molecular complexity index is 682. The number of anilines is 1. The molecule has 10 heteroatoms. The van der Waals surface area contributed by atoms with Crippen molar-refractivity contribution in [3.63, 3.8) is 0 Å². The fourth-order valence-corrected chi connectivity index (χ4v) is 2.42. The lowest BCUT2D eigenvalue weighted by Crippen LogP contribution is -2.39. The molecule has 1 aromatic rings. The zero-order chi connectivity index (χ0) is 20.4. The molecule has 0 radical (unpaired) electrons. The predicted molar refractivity (Wildman–Crippen MR) is 105 cm³/mol. The van der Waals surface area contributed by atoms with E-state index in [9.17, 15) is 19.2 Å². The minimum Gasteiger partial charge on any atom is -0.455 e. The Morgan fingerprint density at radius 3 is 2.26 bits per heavy atom. The van der Waals surface area contributed by atoms with Crippen molar-refractivity contribution in [3.05, 3.63) is 29.3 Å². The number of nitrogens with zero attached hydrogens (tertiary/aromatic N) is 2. The van der Waals surface area contributed by atoms with Crippen LogP contribution in [0.3, 0.4) is 0 Å². The van der Waals surface area contributed by atoms with Gasteiger partial charge >= 0.3 is 5.97 Å². The van der Waals surface area contributed by atoms with Gasteiger partial charge in [0.25, 0.3) is 5.91 Å². The van der Waals surface area contributed by atoms with Gasteiger partial charge in [-0.3, -0.25) is 19.2 Å². The summed E-state index contributed by atoms with van der Waals surface area (Å²) in [7, 11) is 4.62. The molecule has 0 fully saturated rings. The first-order valence-corrected chi connectivity index (χ1v) is 9.45. The van der Waals surface area contributed by atoms with Crippen molar-refractivity contribution < 1.29 is 23.9 Å². The van der Waals surface area contributed by atoms with Gasteiger partial charge in [-0.2, -0.15) is 0 Å². The number of halogens is 1. The molecule has 0 aliphatic rings. The molecule has 0 aliphatic heterocycles. The first-order chi connectivity index (χ1) is 12.7. The highest BCUT2D eigenvalue weighted by Crippen LogP contribution is 2.13. The van der Waals surface area contributed by atoms with Crippen LogP contribution in [0.2, 0.25) is 5.02 Å². The summed E-state index contributed by atoms with van der Waals surface area (Å²) < 4.78 is 4.86. The van der Waals surface area contributed by atoms with Crippen LogP contribution in [0.4, 0.5) is 5.69 Å². The second kappa shape index (κ2) is 11.5. The Kier molecular flexibility index (Phi) is 9.66. The molecule has 27 heavy (non-hydrogen) atoms. The number of carbonyl (C=O) groups excluding carboxylic acids is 4. The van der Waals surface area contributed by atoms with Crippen molar-refractivity contribution in [3.8, 4) is 0 Å². The van der Waals surface area contributed by atoms with Crippen LogP contribution in [0.5, 0.6) is 0 Å². The van der Waals surface area contributed by atoms with E-state index in [0.717, 1.165) is 11.8 Å². The van der Waals surface area contributed by atoms with E-state index in [0.29, 0.717) is 10.7 Å². The molecule has 0 saturated carbocycles. The lowest BCUT2D eigenvalue weighted by molar-refractivity contribution is -0.150. The molecule has 0 aliphatic carbocycles. The first kappa shape index (κ1) is 22.8. The molecule has 3 amide bonds. The maximum atomic E-state index is 11.8. The van der Waals surface area contributed by atoms with E-state index < -0.39 is 18.5 Å². The van der Waals surface area contributed by atoms with Crippen LogP contribution in [0.25, 0.3) is 0 Å². The monoisotopic (exact) mass is 415 g/mol. The molecule has 148 valence electrons. The van der Waals surface area contributed by atoms with Crippen LogP contribution in [0, 0.1) is 0 Å². The lowest BCUT2D eigenvalue weighted by atomic mass is 10.3. The van der Waals surface area contributed by atoms with Gasteiger partial charge in [0.2, 0.25) is 11.8 Å². The van der Waals surface area contributed by atoms with Crippen LogP contribution < -0.4 is 5.32 Å². The topological polar surface area (TPSA) is 96.0 Å². The van der Waals surface area contributed by atoms with Crippen LogP contribution in [0.1, 0.15) is 0 Å². The van der Waals surface area contributed by atoms with Crippen molar-refractivity contribution in [2.75, 3.05) is 51.1 Å². The molecule has 1 N–H and O–H groups in total. The number of nitrogens with one attached hydrogen (secondary N) is 1. The average Bonchev–Trinajstić information content (AvgIpc) is 2.61. The fourth-order valence-electron chi connectivity index (χ4n) is 1.68. The van der Waals surface area contributed by atoms with Gasteiger partial charge < -0.3 is 19.9 Å². The summed E-state index contributed by atoms with van der Waals surface area (Å²) in [5, 5.41) is 3.23. The predicted octanol–water partition coefficient (Wildman–Crippen LogP) is 1.10. The third-order valence-corrected chi connectivity index (χ3v) is 4.39. The van der Waals surface area contributed by atoms with Crippen LogP contribution in [-0.4, -0.2) is 79.3 Å². The summed E-state index contributed by atoms with van der Waals surface area (Å²) in [5.74, 6) is -1.61. The lowest BCUT2D eigenvalue weighted by Gasteiger charge is -2.19. The number of esters is 1. The van der Waals surface area contributed by atoms with Gasteiger partial charge in [0.1, 0.15) is 0 Å². The summed E-state index contributed by atoms with van der Waals surface area (Å²) in [6.07, 6.45) is 0. The maximum Gasteiger partial charge on any atom is 0.316 e. The van der Waals surface area contributed by atoms with E-state index in [-0.39, 0.29) is 29.9 Å². The number of hydrogen-bond acceptors (Lipinski definition) is 6. The Morgan fingerprint density at radius 2 is 1.67 bits per heavy atom. The van der Waals surface area contributed by atoms with E-state index in [1.54, 1.807) is 38.4 Å². The number of amides is 3. The number of carbonyl (C=O) groups is 4. The molecule has 0 saturated heterocycles. The van der Waals surface area contributed by atoms with Gasteiger partial charge in [-0.1, -0.05) is 11.6 Å². The largest absolute Gasteiger partial charge is 0.455 e. The molecule has 0 spiro atoms. The van der Waals surface area contributed by atoms with Gasteiger partial charge in [0, 0.05) is 31.9 Å². The van der Waals surface area contributed by atoms with E-state index in [4.69, 9.17) is 16.3 Å². The smallest absolute Gasteiger partial charge is 0.316 e. The van der Waals surface area contributed by atoms with Crippen molar-refractivity contribution >= 4 is 52.7 Å². The zero-order valence-electron chi connectivity index (χ0n) is 15.4. The van der Waals surface area contributed by atoms with Gasteiger partial charge in [-0.05, 0) is 24.3 Å². The SMILES string of the molecule is CN(C)C(=O)CN(C)C(=O)COC(=O)CSCC(=O)Nc1ccc(Cl)cc1. The Labute approximate surface area is 167 Å². The number of thioether (sulfide) groups is 1. The van der Waals surface area contributed by atoms with E-state index >= 15 is 0 Å².